The normalized spacial score (nSPS) is 22.9. The SMILES string of the molecule is O=S(=O)(c1ccccc1)C1CCC=CCCC1=NO. The molecule has 1 aliphatic carbocycles. The average Bonchev–Trinajstić information content (AvgIpc) is 2.39. The van der Waals surface area contributed by atoms with E-state index in [0.717, 1.165) is 0 Å². The number of benzene rings is 1. The number of allylic oxidation sites excluding steroid dienone is 2. The van der Waals surface area contributed by atoms with Gasteiger partial charge >= 0.3 is 0 Å². The van der Waals surface area contributed by atoms with Gasteiger partial charge in [-0.3, -0.25) is 0 Å². The zero-order valence-electron chi connectivity index (χ0n) is 10.6. The molecule has 5 heteroatoms. The molecule has 1 unspecified atom stereocenters. The van der Waals surface area contributed by atoms with Crippen LogP contribution in [-0.2, 0) is 9.84 Å². The van der Waals surface area contributed by atoms with Crippen LogP contribution in [0.5, 0.6) is 0 Å². The van der Waals surface area contributed by atoms with E-state index in [1.54, 1.807) is 30.3 Å². The van der Waals surface area contributed by atoms with Crippen molar-refractivity contribution in [2.24, 2.45) is 5.16 Å². The molecule has 0 heterocycles. The number of rotatable bonds is 2. The average molecular weight is 279 g/mol. The van der Waals surface area contributed by atoms with Crippen LogP contribution in [0, 0.1) is 0 Å². The van der Waals surface area contributed by atoms with Gasteiger partial charge < -0.3 is 5.21 Å². The predicted octanol–water partition coefficient (Wildman–Crippen LogP) is 2.79. The lowest BCUT2D eigenvalue weighted by Crippen LogP contribution is -2.31. The molecule has 0 fully saturated rings. The maximum Gasteiger partial charge on any atom is 0.186 e. The van der Waals surface area contributed by atoms with Gasteiger partial charge in [-0.1, -0.05) is 35.5 Å². The first-order valence-electron chi connectivity index (χ1n) is 6.31. The molecule has 0 spiro atoms. The van der Waals surface area contributed by atoms with Gasteiger partial charge in [0.05, 0.1) is 10.6 Å². The van der Waals surface area contributed by atoms with Gasteiger partial charge in [0.2, 0.25) is 0 Å². The molecule has 102 valence electrons. The predicted molar refractivity (Wildman–Crippen MR) is 74.2 cm³/mol. The van der Waals surface area contributed by atoms with Crippen LogP contribution in [0.2, 0.25) is 0 Å². The minimum atomic E-state index is -3.49. The molecule has 1 atom stereocenters. The Balaban J connectivity index is 2.39. The highest BCUT2D eigenvalue weighted by Gasteiger charge is 2.31. The third-order valence-corrected chi connectivity index (χ3v) is 5.46. The van der Waals surface area contributed by atoms with Crippen molar-refractivity contribution >= 4 is 15.5 Å². The van der Waals surface area contributed by atoms with Gasteiger partial charge in [-0.15, -0.1) is 0 Å². The van der Waals surface area contributed by atoms with Gasteiger partial charge in [0.25, 0.3) is 0 Å². The van der Waals surface area contributed by atoms with E-state index in [0.29, 0.717) is 31.4 Å². The van der Waals surface area contributed by atoms with E-state index in [4.69, 9.17) is 5.21 Å². The number of sulfone groups is 1. The zero-order chi connectivity index (χ0) is 13.7. The van der Waals surface area contributed by atoms with E-state index in [-0.39, 0.29) is 4.90 Å². The summed E-state index contributed by atoms with van der Waals surface area (Å²) in [4.78, 5) is 0.283. The molecular weight excluding hydrogens is 262 g/mol. The molecule has 0 aromatic heterocycles. The molecule has 1 aromatic rings. The van der Waals surface area contributed by atoms with Crippen LogP contribution in [-0.4, -0.2) is 24.6 Å². The standard InChI is InChI=1S/C14H17NO3S/c16-15-13-10-6-1-2-7-11-14(13)19(17,18)12-8-4-3-5-9-12/h1-5,8-9,14,16H,6-7,10-11H2. The van der Waals surface area contributed by atoms with Crippen molar-refractivity contribution in [3.8, 4) is 0 Å². The summed E-state index contributed by atoms with van der Waals surface area (Å²) >= 11 is 0. The van der Waals surface area contributed by atoms with E-state index in [2.05, 4.69) is 5.16 Å². The minimum Gasteiger partial charge on any atom is -0.411 e. The topological polar surface area (TPSA) is 66.7 Å². The number of hydrogen-bond donors (Lipinski definition) is 1. The summed E-state index contributed by atoms with van der Waals surface area (Å²) in [5.41, 5.74) is 0.355. The third-order valence-electron chi connectivity index (χ3n) is 3.28. The third kappa shape index (κ3) is 3.04. The van der Waals surface area contributed by atoms with Crippen LogP contribution in [0.1, 0.15) is 25.7 Å². The Morgan fingerprint density at radius 2 is 1.79 bits per heavy atom. The van der Waals surface area contributed by atoms with Crippen molar-refractivity contribution in [3.63, 3.8) is 0 Å². The summed E-state index contributed by atoms with van der Waals surface area (Å²) in [5.74, 6) is 0. The molecule has 2 rings (SSSR count). The monoisotopic (exact) mass is 279 g/mol. The first-order valence-corrected chi connectivity index (χ1v) is 7.85. The Bertz CT molecular complexity index is 576. The summed E-state index contributed by atoms with van der Waals surface area (Å²) in [6.45, 7) is 0. The van der Waals surface area contributed by atoms with Crippen LogP contribution < -0.4 is 0 Å². The second kappa shape index (κ2) is 6.02. The van der Waals surface area contributed by atoms with Gasteiger partial charge in [-0.05, 0) is 37.8 Å². The molecular formula is C14H17NO3S. The maximum absolute atomic E-state index is 12.6. The fourth-order valence-corrected chi connectivity index (χ4v) is 4.10. The van der Waals surface area contributed by atoms with Crippen LogP contribution in [0.4, 0.5) is 0 Å². The van der Waals surface area contributed by atoms with E-state index in [1.165, 1.54) is 0 Å². The van der Waals surface area contributed by atoms with E-state index < -0.39 is 15.1 Å². The quantitative estimate of drug-likeness (QED) is 0.514. The molecule has 0 aliphatic heterocycles. The molecule has 1 aromatic carbocycles. The summed E-state index contributed by atoms with van der Waals surface area (Å²) in [6, 6.07) is 8.34. The summed E-state index contributed by atoms with van der Waals surface area (Å²) in [6.07, 6.45) is 6.30. The van der Waals surface area contributed by atoms with Crippen molar-refractivity contribution in [2.45, 2.75) is 35.8 Å². The van der Waals surface area contributed by atoms with Crippen LogP contribution in [0.25, 0.3) is 0 Å². The van der Waals surface area contributed by atoms with E-state index in [1.807, 2.05) is 12.2 Å². The zero-order valence-corrected chi connectivity index (χ0v) is 11.4. The van der Waals surface area contributed by atoms with Gasteiger partial charge in [0, 0.05) is 0 Å². The van der Waals surface area contributed by atoms with Crippen LogP contribution in [0.15, 0.2) is 52.5 Å². The summed E-state index contributed by atoms with van der Waals surface area (Å²) in [7, 11) is -3.49. The Morgan fingerprint density at radius 1 is 1.11 bits per heavy atom. The maximum atomic E-state index is 12.6. The molecule has 1 aliphatic rings. The van der Waals surface area contributed by atoms with Crippen LogP contribution >= 0.6 is 0 Å². The Hall–Kier alpha value is -1.62. The number of hydrogen-bond acceptors (Lipinski definition) is 4. The van der Waals surface area contributed by atoms with Crippen molar-refractivity contribution in [3.05, 3.63) is 42.5 Å². The highest BCUT2D eigenvalue weighted by atomic mass is 32.2. The molecule has 0 bridgehead atoms. The van der Waals surface area contributed by atoms with Crippen molar-refractivity contribution in [1.29, 1.82) is 0 Å². The summed E-state index contributed by atoms with van der Waals surface area (Å²) < 4.78 is 25.2. The summed E-state index contributed by atoms with van der Waals surface area (Å²) in [5, 5.41) is 11.6. The minimum absolute atomic E-state index is 0.283. The lowest BCUT2D eigenvalue weighted by atomic mass is 10.0. The van der Waals surface area contributed by atoms with E-state index in [9.17, 15) is 8.42 Å². The molecule has 0 radical (unpaired) electrons. The Labute approximate surface area is 113 Å². The van der Waals surface area contributed by atoms with Crippen LogP contribution in [0.3, 0.4) is 0 Å². The fraction of sp³-hybridized carbons (Fsp3) is 0.357. The van der Waals surface area contributed by atoms with Crippen molar-refractivity contribution in [2.75, 3.05) is 0 Å². The van der Waals surface area contributed by atoms with Gasteiger partial charge in [0.15, 0.2) is 9.84 Å². The molecule has 0 amide bonds. The first-order chi connectivity index (χ1) is 9.16. The van der Waals surface area contributed by atoms with Crippen molar-refractivity contribution < 1.29 is 13.6 Å². The van der Waals surface area contributed by atoms with Gasteiger partial charge in [-0.25, -0.2) is 8.42 Å². The molecule has 4 nitrogen and oxygen atoms in total. The first kappa shape index (κ1) is 13.8. The number of oxime groups is 1. The van der Waals surface area contributed by atoms with E-state index >= 15 is 0 Å². The highest BCUT2D eigenvalue weighted by molar-refractivity contribution is 7.92. The Morgan fingerprint density at radius 3 is 2.47 bits per heavy atom. The van der Waals surface area contributed by atoms with Gasteiger partial charge in [-0.2, -0.15) is 0 Å². The Kier molecular flexibility index (Phi) is 4.37. The highest BCUT2D eigenvalue weighted by Crippen LogP contribution is 2.24. The molecule has 19 heavy (non-hydrogen) atoms. The van der Waals surface area contributed by atoms with Gasteiger partial charge in [0.1, 0.15) is 5.25 Å². The van der Waals surface area contributed by atoms with Crippen molar-refractivity contribution in [1.82, 2.24) is 0 Å². The molecule has 0 saturated heterocycles. The number of nitrogens with zero attached hydrogens (tertiary/aromatic N) is 1. The largest absolute Gasteiger partial charge is 0.411 e. The lowest BCUT2D eigenvalue weighted by Gasteiger charge is -2.19. The second-order valence-corrected chi connectivity index (χ2v) is 6.66. The molecule has 0 saturated carbocycles. The molecule has 1 N–H and O–H groups in total. The smallest absolute Gasteiger partial charge is 0.186 e. The fourth-order valence-electron chi connectivity index (χ4n) is 2.27. The second-order valence-electron chi connectivity index (χ2n) is 4.53. The lowest BCUT2D eigenvalue weighted by molar-refractivity contribution is 0.316.